The number of likely N-dealkylation sites (N-methyl/N-ethyl adjacent to an activating group) is 1. The van der Waals surface area contributed by atoms with E-state index in [1.165, 1.54) is 12.1 Å². The maximum Gasteiger partial charge on any atom is 0.275 e. The minimum atomic E-state index is -0.643. The molecular formula is C25H26N4O3. The molecule has 0 bridgehead atoms. The van der Waals surface area contributed by atoms with Gasteiger partial charge in [-0.15, -0.1) is 0 Å². The number of nitrogens with zero attached hydrogens (tertiary/aromatic N) is 3. The van der Waals surface area contributed by atoms with Crippen molar-refractivity contribution in [1.82, 2.24) is 20.0 Å². The fraction of sp³-hybridized carbons (Fsp3) is 0.280. The minimum absolute atomic E-state index is 0.0735. The van der Waals surface area contributed by atoms with Gasteiger partial charge in [0.25, 0.3) is 11.5 Å². The van der Waals surface area contributed by atoms with E-state index in [0.29, 0.717) is 26.1 Å². The Hall–Kier alpha value is -3.74. The predicted octanol–water partition coefficient (Wildman–Crippen LogP) is 2.66. The molecule has 3 aromatic rings. The zero-order valence-corrected chi connectivity index (χ0v) is 18.2. The fourth-order valence-corrected chi connectivity index (χ4v) is 4.20. The Morgan fingerprint density at radius 2 is 1.88 bits per heavy atom. The number of H-pyrrole nitrogens is 1. The molecule has 0 aliphatic carbocycles. The molecule has 0 unspecified atom stereocenters. The molecule has 4 rings (SSSR count). The summed E-state index contributed by atoms with van der Waals surface area (Å²) in [5, 5.41) is 6.18. The Morgan fingerprint density at radius 1 is 1.06 bits per heavy atom. The van der Waals surface area contributed by atoms with Crippen LogP contribution < -0.4 is 5.56 Å². The van der Waals surface area contributed by atoms with E-state index in [4.69, 9.17) is 0 Å². The maximum absolute atomic E-state index is 13.3. The Kier molecular flexibility index (Phi) is 6.16. The summed E-state index contributed by atoms with van der Waals surface area (Å²) in [5.74, 6) is -0.432. The van der Waals surface area contributed by atoms with Crippen LogP contribution in [0, 0.1) is 6.92 Å². The van der Waals surface area contributed by atoms with Gasteiger partial charge in [0, 0.05) is 32.1 Å². The smallest absolute Gasteiger partial charge is 0.275 e. The number of carbonyl (C=O) groups is 2. The molecule has 0 radical (unpaired) electrons. The van der Waals surface area contributed by atoms with Crippen LogP contribution in [-0.4, -0.2) is 57.5 Å². The molecule has 1 N–H and O–H groups in total. The van der Waals surface area contributed by atoms with Crippen LogP contribution in [-0.2, 0) is 11.2 Å². The number of amides is 2. The van der Waals surface area contributed by atoms with Crippen LogP contribution in [0.2, 0.25) is 0 Å². The third-order valence-electron chi connectivity index (χ3n) is 5.88. The van der Waals surface area contributed by atoms with Crippen LogP contribution in [0.25, 0.3) is 11.1 Å². The molecule has 0 saturated carbocycles. The van der Waals surface area contributed by atoms with Gasteiger partial charge in [-0.2, -0.15) is 5.10 Å². The van der Waals surface area contributed by atoms with Gasteiger partial charge in [0.15, 0.2) is 0 Å². The second-order valence-electron chi connectivity index (χ2n) is 7.97. The summed E-state index contributed by atoms with van der Waals surface area (Å²) >= 11 is 0. The molecule has 7 heteroatoms. The monoisotopic (exact) mass is 430 g/mol. The van der Waals surface area contributed by atoms with Crippen LogP contribution in [0.3, 0.4) is 0 Å². The summed E-state index contributed by atoms with van der Waals surface area (Å²) in [6.45, 7) is 5.47. The molecule has 2 amide bonds. The number of hydrogen-bond acceptors (Lipinski definition) is 4. The molecule has 1 atom stereocenters. The highest BCUT2D eigenvalue weighted by molar-refractivity contribution is 5.97. The van der Waals surface area contributed by atoms with Crippen LogP contribution >= 0.6 is 0 Å². The van der Waals surface area contributed by atoms with E-state index in [9.17, 15) is 14.4 Å². The molecular weight excluding hydrogens is 404 g/mol. The molecule has 1 aromatic heterocycles. The van der Waals surface area contributed by atoms with E-state index in [0.717, 1.165) is 22.3 Å². The molecule has 2 heterocycles. The van der Waals surface area contributed by atoms with Crippen molar-refractivity contribution >= 4 is 11.8 Å². The largest absolute Gasteiger partial charge is 0.339 e. The normalized spacial score (nSPS) is 16.3. The highest BCUT2D eigenvalue weighted by atomic mass is 16.2. The van der Waals surface area contributed by atoms with Gasteiger partial charge >= 0.3 is 0 Å². The first kappa shape index (κ1) is 21.5. The summed E-state index contributed by atoms with van der Waals surface area (Å²) in [6.07, 6.45) is 0.397. The topological polar surface area (TPSA) is 86.4 Å². The lowest BCUT2D eigenvalue weighted by molar-refractivity contribution is -0.139. The molecule has 2 aromatic carbocycles. The van der Waals surface area contributed by atoms with Crippen LogP contribution in [0.4, 0.5) is 0 Å². The molecule has 1 saturated heterocycles. The second-order valence-corrected chi connectivity index (χ2v) is 7.97. The first-order valence-electron chi connectivity index (χ1n) is 10.8. The molecule has 164 valence electrons. The molecule has 0 spiro atoms. The van der Waals surface area contributed by atoms with Crippen molar-refractivity contribution in [3.63, 3.8) is 0 Å². The van der Waals surface area contributed by atoms with E-state index in [1.54, 1.807) is 9.80 Å². The first-order valence-corrected chi connectivity index (χ1v) is 10.8. The lowest BCUT2D eigenvalue weighted by Gasteiger charge is -2.40. The van der Waals surface area contributed by atoms with E-state index in [2.05, 4.69) is 22.3 Å². The summed E-state index contributed by atoms with van der Waals surface area (Å²) < 4.78 is 0. The summed E-state index contributed by atoms with van der Waals surface area (Å²) in [5.41, 5.74) is 4.03. The summed E-state index contributed by atoms with van der Waals surface area (Å²) in [7, 11) is 0. The van der Waals surface area contributed by atoms with Crippen molar-refractivity contribution in [2.75, 3.05) is 19.6 Å². The van der Waals surface area contributed by atoms with Crippen molar-refractivity contribution in [1.29, 1.82) is 0 Å². The first-order chi connectivity index (χ1) is 15.5. The number of rotatable bonds is 5. The van der Waals surface area contributed by atoms with E-state index in [1.807, 2.05) is 50.2 Å². The zero-order valence-electron chi connectivity index (χ0n) is 18.2. The van der Waals surface area contributed by atoms with Crippen LogP contribution in [0.1, 0.15) is 28.5 Å². The summed E-state index contributed by atoms with van der Waals surface area (Å²) in [4.78, 5) is 41.3. The lowest BCUT2D eigenvalue weighted by Crippen LogP contribution is -2.59. The van der Waals surface area contributed by atoms with Gasteiger partial charge in [-0.3, -0.25) is 14.4 Å². The standard InChI is InChI=1S/C25H26N4O3/c1-3-28-13-14-29(24(31)21-11-12-23(30)27-26-21)22(25(28)32)16-19-8-4-5-10-20(19)18-9-6-7-17(2)15-18/h4-12,15,22H,3,13-14,16H2,1-2H3,(H,27,30)/t22-/m0/s1. The second kappa shape index (κ2) is 9.18. The molecule has 1 aliphatic heterocycles. The third-order valence-corrected chi connectivity index (χ3v) is 5.88. The van der Waals surface area contributed by atoms with Gasteiger partial charge < -0.3 is 9.80 Å². The predicted molar refractivity (Wildman–Crippen MR) is 122 cm³/mol. The van der Waals surface area contributed by atoms with Crippen molar-refractivity contribution in [2.45, 2.75) is 26.3 Å². The highest BCUT2D eigenvalue weighted by Crippen LogP contribution is 2.28. The number of benzene rings is 2. The van der Waals surface area contributed by atoms with Gasteiger partial charge in [0.05, 0.1) is 0 Å². The number of hydrogen-bond donors (Lipinski definition) is 1. The average molecular weight is 431 g/mol. The molecule has 1 aliphatic rings. The van der Waals surface area contributed by atoms with Gasteiger partial charge in [-0.25, -0.2) is 5.10 Å². The van der Waals surface area contributed by atoms with Gasteiger partial charge in [0.1, 0.15) is 11.7 Å². The quantitative estimate of drug-likeness (QED) is 0.674. The highest BCUT2D eigenvalue weighted by Gasteiger charge is 2.38. The Labute approximate surface area is 186 Å². The minimum Gasteiger partial charge on any atom is -0.339 e. The van der Waals surface area contributed by atoms with Crippen LogP contribution in [0.5, 0.6) is 0 Å². The number of nitrogens with one attached hydrogen (secondary N) is 1. The number of aromatic nitrogens is 2. The number of aryl methyl sites for hydroxylation is 1. The van der Waals surface area contributed by atoms with Crippen molar-refractivity contribution in [2.24, 2.45) is 0 Å². The average Bonchev–Trinajstić information content (AvgIpc) is 2.81. The molecule has 32 heavy (non-hydrogen) atoms. The van der Waals surface area contributed by atoms with Crippen molar-refractivity contribution in [3.8, 4) is 11.1 Å². The van der Waals surface area contributed by atoms with Gasteiger partial charge in [-0.1, -0.05) is 54.1 Å². The van der Waals surface area contributed by atoms with Gasteiger partial charge in [0.2, 0.25) is 5.91 Å². The van der Waals surface area contributed by atoms with E-state index >= 15 is 0 Å². The van der Waals surface area contributed by atoms with E-state index < -0.39 is 6.04 Å². The Balaban J connectivity index is 1.70. The number of carbonyl (C=O) groups excluding carboxylic acids is 2. The lowest BCUT2D eigenvalue weighted by atomic mass is 9.92. The van der Waals surface area contributed by atoms with E-state index in [-0.39, 0.29) is 23.1 Å². The van der Waals surface area contributed by atoms with Gasteiger partial charge in [-0.05, 0) is 36.6 Å². The van der Waals surface area contributed by atoms with Crippen molar-refractivity contribution in [3.05, 3.63) is 87.8 Å². The molecule has 1 fully saturated rings. The van der Waals surface area contributed by atoms with Crippen LogP contribution in [0.15, 0.2) is 65.5 Å². The Morgan fingerprint density at radius 3 is 2.59 bits per heavy atom. The maximum atomic E-state index is 13.3. The zero-order chi connectivity index (χ0) is 22.7. The number of aromatic amines is 1. The number of piperazine rings is 1. The molecule has 7 nitrogen and oxygen atoms in total. The summed E-state index contributed by atoms with van der Waals surface area (Å²) in [6, 6.07) is 18.3. The fourth-order valence-electron chi connectivity index (χ4n) is 4.20. The third kappa shape index (κ3) is 4.32. The SMILES string of the molecule is CCN1CCN(C(=O)c2ccc(=O)[nH]n2)[C@@H](Cc2ccccc2-c2cccc(C)c2)C1=O. The Bertz CT molecular complexity index is 1180. The van der Waals surface area contributed by atoms with Crippen molar-refractivity contribution < 1.29 is 9.59 Å².